The second-order valence-electron chi connectivity index (χ2n) is 4.59. The van der Waals surface area contributed by atoms with E-state index < -0.39 is 0 Å². The van der Waals surface area contributed by atoms with Gasteiger partial charge in [0.05, 0.1) is 4.88 Å². The zero-order chi connectivity index (χ0) is 12.5. The Morgan fingerprint density at radius 3 is 3.00 bits per heavy atom. The van der Waals surface area contributed by atoms with Crippen LogP contribution in [-0.4, -0.2) is 12.3 Å². The number of benzene rings is 1. The second kappa shape index (κ2) is 4.67. The summed E-state index contributed by atoms with van der Waals surface area (Å²) < 4.78 is 0. The SMILES string of the molecule is CC(=O)c1sccc1-c1cccc2c1CCNC2. The van der Waals surface area contributed by atoms with Crippen molar-refractivity contribution < 1.29 is 4.79 Å². The maximum Gasteiger partial charge on any atom is 0.170 e. The third-order valence-electron chi connectivity index (χ3n) is 3.42. The Bertz CT molecular complexity index is 600. The van der Waals surface area contributed by atoms with Crippen LogP contribution in [0.3, 0.4) is 0 Å². The van der Waals surface area contributed by atoms with E-state index in [0.717, 1.165) is 30.0 Å². The summed E-state index contributed by atoms with van der Waals surface area (Å²) in [4.78, 5) is 12.5. The molecule has 0 saturated carbocycles. The van der Waals surface area contributed by atoms with Crippen molar-refractivity contribution in [3.05, 3.63) is 45.6 Å². The molecular formula is C15H15NOS. The first-order valence-corrected chi connectivity index (χ1v) is 7.05. The molecule has 1 aromatic heterocycles. The minimum absolute atomic E-state index is 0.159. The van der Waals surface area contributed by atoms with Crippen LogP contribution < -0.4 is 5.32 Å². The molecule has 0 amide bonds. The molecule has 1 aliphatic heterocycles. The maximum absolute atomic E-state index is 11.7. The second-order valence-corrected chi connectivity index (χ2v) is 5.51. The van der Waals surface area contributed by atoms with Crippen molar-refractivity contribution in [3.63, 3.8) is 0 Å². The normalized spacial score (nSPS) is 14.3. The Kier molecular flexibility index (Phi) is 3.02. The van der Waals surface area contributed by atoms with Crippen molar-refractivity contribution in [2.24, 2.45) is 0 Å². The lowest BCUT2D eigenvalue weighted by atomic mass is 9.91. The van der Waals surface area contributed by atoms with Gasteiger partial charge in [0.1, 0.15) is 0 Å². The molecular weight excluding hydrogens is 242 g/mol. The highest BCUT2D eigenvalue weighted by Gasteiger charge is 2.17. The number of nitrogens with one attached hydrogen (secondary N) is 1. The van der Waals surface area contributed by atoms with Crippen molar-refractivity contribution in [3.8, 4) is 11.1 Å². The topological polar surface area (TPSA) is 29.1 Å². The molecule has 3 rings (SSSR count). The number of thiophene rings is 1. The van der Waals surface area contributed by atoms with E-state index >= 15 is 0 Å². The summed E-state index contributed by atoms with van der Waals surface area (Å²) in [6.45, 7) is 3.60. The Balaban J connectivity index is 2.17. The highest BCUT2D eigenvalue weighted by molar-refractivity contribution is 7.12. The molecule has 2 heterocycles. The molecule has 0 aliphatic carbocycles. The lowest BCUT2D eigenvalue weighted by molar-refractivity contribution is 0.102. The Morgan fingerprint density at radius 2 is 2.17 bits per heavy atom. The monoisotopic (exact) mass is 257 g/mol. The highest BCUT2D eigenvalue weighted by Crippen LogP contribution is 2.33. The van der Waals surface area contributed by atoms with Gasteiger partial charge in [-0.3, -0.25) is 4.79 Å². The zero-order valence-corrected chi connectivity index (χ0v) is 11.1. The summed E-state index contributed by atoms with van der Waals surface area (Å²) in [7, 11) is 0. The molecule has 2 nitrogen and oxygen atoms in total. The van der Waals surface area contributed by atoms with Gasteiger partial charge in [0, 0.05) is 12.1 Å². The van der Waals surface area contributed by atoms with Crippen LogP contribution in [0.25, 0.3) is 11.1 Å². The summed E-state index contributed by atoms with van der Waals surface area (Å²) in [5.41, 5.74) is 5.10. The van der Waals surface area contributed by atoms with Gasteiger partial charge in [0.25, 0.3) is 0 Å². The van der Waals surface area contributed by atoms with Gasteiger partial charge in [-0.25, -0.2) is 0 Å². The third kappa shape index (κ3) is 1.89. The molecule has 0 bridgehead atoms. The molecule has 0 radical (unpaired) electrons. The number of rotatable bonds is 2. The van der Waals surface area contributed by atoms with Crippen molar-refractivity contribution in [1.29, 1.82) is 0 Å². The fraction of sp³-hybridized carbons (Fsp3) is 0.267. The average Bonchev–Trinajstić information content (AvgIpc) is 2.87. The predicted octanol–water partition coefficient (Wildman–Crippen LogP) is 3.26. The fourth-order valence-corrected chi connectivity index (χ4v) is 3.39. The minimum atomic E-state index is 0.159. The number of carbonyl (C=O) groups excluding carboxylic acids is 1. The Labute approximate surface area is 111 Å². The molecule has 0 spiro atoms. The van der Waals surface area contributed by atoms with Gasteiger partial charge in [-0.1, -0.05) is 18.2 Å². The van der Waals surface area contributed by atoms with Crippen LogP contribution in [0.15, 0.2) is 29.6 Å². The molecule has 1 aromatic carbocycles. The van der Waals surface area contributed by atoms with Gasteiger partial charge in [0.15, 0.2) is 5.78 Å². The zero-order valence-electron chi connectivity index (χ0n) is 10.3. The largest absolute Gasteiger partial charge is 0.312 e. The quantitative estimate of drug-likeness (QED) is 0.837. The van der Waals surface area contributed by atoms with Gasteiger partial charge in [0.2, 0.25) is 0 Å². The van der Waals surface area contributed by atoms with Crippen molar-refractivity contribution >= 4 is 17.1 Å². The van der Waals surface area contributed by atoms with Crippen LogP contribution in [0.1, 0.15) is 27.7 Å². The van der Waals surface area contributed by atoms with Gasteiger partial charge >= 0.3 is 0 Å². The standard InChI is InChI=1S/C15H15NOS/c1-10(17)15-14(6-8-18-15)13-4-2-3-11-9-16-7-5-12(11)13/h2-4,6,8,16H,5,7,9H2,1H3. The lowest BCUT2D eigenvalue weighted by Gasteiger charge is -2.20. The number of ketones is 1. The lowest BCUT2D eigenvalue weighted by Crippen LogP contribution is -2.24. The first-order chi connectivity index (χ1) is 8.77. The van der Waals surface area contributed by atoms with Crippen molar-refractivity contribution in [2.45, 2.75) is 19.9 Å². The first-order valence-electron chi connectivity index (χ1n) is 6.17. The van der Waals surface area contributed by atoms with E-state index in [1.165, 1.54) is 28.0 Å². The molecule has 92 valence electrons. The van der Waals surface area contributed by atoms with Gasteiger partial charge in [-0.2, -0.15) is 0 Å². The van der Waals surface area contributed by atoms with Crippen LogP contribution in [0.4, 0.5) is 0 Å². The third-order valence-corrected chi connectivity index (χ3v) is 4.43. The van der Waals surface area contributed by atoms with Crippen LogP contribution >= 0.6 is 11.3 Å². The minimum Gasteiger partial charge on any atom is -0.312 e. The van der Waals surface area contributed by atoms with E-state index in [0.29, 0.717) is 0 Å². The molecule has 0 fully saturated rings. The molecule has 0 atom stereocenters. The van der Waals surface area contributed by atoms with Crippen LogP contribution in [0.5, 0.6) is 0 Å². The van der Waals surface area contributed by atoms with E-state index in [2.05, 4.69) is 29.6 Å². The van der Waals surface area contributed by atoms with Gasteiger partial charge in [-0.15, -0.1) is 11.3 Å². The highest BCUT2D eigenvalue weighted by atomic mass is 32.1. The average molecular weight is 257 g/mol. The summed E-state index contributed by atoms with van der Waals surface area (Å²) in [5, 5.41) is 5.39. The maximum atomic E-state index is 11.7. The number of carbonyl (C=O) groups is 1. The van der Waals surface area contributed by atoms with Crippen LogP contribution in [-0.2, 0) is 13.0 Å². The molecule has 1 N–H and O–H groups in total. The number of hydrogen-bond donors (Lipinski definition) is 1. The molecule has 3 heteroatoms. The number of Topliss-reactive ketones (excluding diaryl/α,β-unsaturated/α-hetero) is 1. The van der Waals surface area contributed by atoms with Gasteiger partial charge < -0.3 is 5.32 Å². The van der Waals surface area contributed by atoms with E-state index in [4.69, 9.17) is 0 Å². The Hall–Kier alpha value is -1.45. The summed E-state index contributed by atoms with van der Waals surface area (Å²) >= 11 is 1.54. The van der Waals surface area contributed by atoms with Crippen molar-refractivity contribution in [1.82, 2.24) is 5.32 Å². The number of hydrogen-bond acceptors (Lipinski definition) is 3. The molecule has 18 heavy (non-hydrogen) atoms. The molecule has 1 aliphatic rings. The first kappa shape index (κ1) is 11.6. The Morgan fingerprint density at radius 1 is 1.28 bits per heavy atom. The summed E-state index contributed by atoms with van der Waals surface area (Å²) in [5.74, 6) is 0.159. The molecule has 2 aromatic rings. The molecule has 0 saturated heterocycles. The van der Waals surface area contributed by atoms with E-state index in [-0.39, 0.29) is 5.78 Å². The van der Waals surface area contributed by atoms with Crippen LogP contribution in [0.2, 0.25) is 0 Å². The summed E-state index contributed by atoms with van der Waals surface area (Å²) in [6, 6.07) is 8.46. The molecule has 0 unspecified atom stereocenters. The van der Waals surface area contributed by atoms with Crippen LogP contribution in [0, 0.1) is 0 Å². The number of fused-ring (bicyclic) bond motifs is 1. The fourth-order valence-electron chi connectivity index (χ4n) is 2.58. The van der Waals surface area contributed by atoms with E-state index in [9.17, 15) is 4.79 Å². The van der Waals surface area contributed by atoms with E-state index in [1.54, 1.807) is 6.92 Å². The van der Waals surface area contributed by atoms with Gasteiger partial charge in [-0.05, 0) is 48.0 Å². The smallest absolute Gasteiger partial charge is 0.170 e. The van der Waals surface area contributed by atoms with E-state index in [1.807, 2.05) is 5.38 Å². The van der Waals surface area contributed by atoms with Crippen molar-refractivity contribution in [2.75, 3.05) is 6.54 Å². The predicted molar refractivity (Wildman–Crippen MR) is 75.2 cm³/mol. The summed E-state index contributed by atoms with van der Waals surface area (Å²) in [6.07, 6.45) is 1.04.